The Bertz CT molecular complexity index is 3820. The molecule has 0 fully saturated rings. The lowest BCUT2D eigenvalue weighted by Gasteiger charge is -2.08. The average Bonchev–Trinajstić information content (AvgIpc) is 0.923. The molecule has 4 aromatic rings. The van der Waals surface area contributed by atoms with Crippen LogP contribution in [0.1, 0.15) is 126 Å². The number of ketones is 5. The van der Waals surface area contributed by atoms with Crippen molar-refractivity contribution in [2.24, 2.45) is 5.73 Å². The molecule has 0 aliphatic rings. The van der Waals surface area contributed by atoms with Gasteiger partial charge in [-0.1, -0.05) is 202 Å². The lowest BCUT2D eigenvalue weighted by Crippen LogP contribution is -2.43. The zero-order valence-electron chi connectivity index (χ0n) is 64.1. The number of allylic oxidation sites excluding steroid dienone is 1. The second-order valence-corrected chi connectivity index (χ2v) is 27.8. The van der Waals surface area contributed by atoms with E-state index in [1.165, 1.54) is 0 Å². The maximum atomic E-state index is 11.9. The molecule has 14 N–H and O–H groups in total. The zero-order valence-corrected chi connectivity index (χ0v) is 67.4. The number of nitrogens with two attached hydrogens (primary N) is 1. The number of unbranched alkanes of at least 4 members (excludes halogenated alkanes) is 2. The fourth-order valence-corrected chi connectivity index (χ4v) is 10.7. The number of carbonyl (C=O) groups is 21. The van der Waals surface area contributed by atoms with Crippen LogP contribution in [0.3, 0.4) is 0 Å². The quantitative estimate of drug-likeness (QED) is 0.0274. The van der Waals surface area contributed by atoms with Crippen molar-refractivity contribution in [3.63, 3.8) is 0 Å². The van der Waals surface area contributed by atoms with E-state index in [2.05, 4.69) is 70.4 Å². The largest absolute Gasteiger partial charge is 0.347 e. The molecule has 12 amide bonds. The summed E-state index contributed by atoms with van der Waals surface area (Å²) < 4.78 is 0. The number of hydrogen-bond donors (Lipinski definition) is 13. The van der Waals surface area contributed by atoms with Gasteiger partial charge in [0, 0.05) is 54.4 Å². The van der Waals surface area contributed by atoms with E-state index in [-0.39, 0.29) is 177 Å². The van der Waals surface area contributed by atoms with E-state index >= 15 is 0 Å². The van der Waals surface area contributed by atoms with Gasteiger partial charge in [0.15, 0.2) is 28.9 Å². The van der Waals surface area contributed by atoms with Crippen molar-refractivity contribution < 1.29 is 101 Å². The van der Waals surface area contributed by atoms with Gasteiger partial charge in [-0.05, 0) is 38.3 Å². The van der Waals surface area contributed by atoms with Crippen LogP contribution >= 0.6 is 47.0 Å². The molecule has 0 radical (unpaired) electrons. The molecule has 4 aromatic carbocycles. The van der Waals surface area contributed by atoms with Crippen LogP contribution in [0.25, 0.3) is 0 Å². The topological polar surface area (TPSA) is 529 Å². The summed E-state index contributed by atoms with van der Waals surface area (Å²) >= 11 is 3.34. The first-order valence-electron chi connectivity index (χ1n) is 36.0. The molecule has 0 aliphatic heterocycles. The summed E-state index contributed by atoms with van der Waals surface area (Å²) in [6.07, 6.45) is 5.13. The Kier molecular flexibility index (Phi) is 55.8. The van der Waals surface area contributed by atoms with E-state index in [0.717, 1.165) is 72.7 Å². The summed E-state index contributed by atoms with van der Waals surface area (Å²) in [5.74, 6) is -7.28. The highest BCUT2D eigenvalue weighted by Gasteiger charge is 2.18. The predicted molar refractivity (Wildman–Crippen MR) is 435 cm³/mol. The monoisotopic (exact) mass is 1670 g/mol. The van der Waals surface area contributed by atoms with Crippen molar-refractivity contribution in [2.75, 3.05) is 108 Å². The van der Waals surface area contributed by atoms with Crippen LogP contribution in [-0.2, 0) is 81.5 Å². The Hall–Kier alpha value is -11.4. The van der Waals surface area contributed by atoms with Gasteiger partial charge in [0.25, 0.3) is 0 Å². The smallest absolute Gasteiger partial charge is 0.239 e. The summed E-state index contributed by atoms with van der Waals surface area (Å²) in [5, 5.41) is 27.4. The SMILES string of the molecule is C=C(C)C(=O)CCCC(=O)CNC(=O)CNC(=O)CNC(=O)CSC(=O)c1ccccc1.CCCCC(=O)CNC(=O)CNC(=O)CNC(=O)CSC(=O)c1ccccc1.CCCCC(=O)CNC(=O)CNC(=O)CNC(=O)CSC(=O)c1ccccc1.NCCC(=O)CNC(=O)CNC(=O)CNC(=O)CSC(=O)c1ccccc1. The molecule has 0 unspecified atom stereocenters. The maximum absolute atomic E-state index is 11.9. The number of nitrogens with one attached hydrogen (secondary N) is 12. The third-order valence-corrected chi connectivity index (χ3v) is 17.9. The summed E-state index contributed by atoms with van der Waals surface area (Å²) in [5.41, 5.74) is 7.62. The Morgan fingerprint density at radius 3 is 0.661 bits per heavy atom. The van der Waals surface area contributed by atoms with Crippen molar-refractivity contribution >= 4 is 167 Å². The van der Waals surface area contributed by atoms with Gasteiger partial charge in [0.1, 0.15) is 0 Å². The number of hydrogen-bond acceptors (Lipinski definition) is 26. The van der Waals surface area contributed by atoms with Crippen molar-refractivity contribution in [1.29, 1.82) is 0 Å². The molecule has 115 heavy (non-hydrogen) atoms. The highest BCUT2D eigenvalue weighted by molar-refractivity contribution is 8.15. The first kappa shape index (κ1) is 102. The van der Waals surface area contributed by atoms with E-state index in [1.54, 1.807) is 128 Å². The molecule has 34 nitrogen and oxygen atoms in total. The number of thioether (sulfide) groups is 4. The van der Waals surface area contributed by atoms with Gasteiger partial charge in [0.2, 0.25) is 91.3 Å². The van der Waals surface area contributed by atoms with Gasteiger partial charge < -0.3 is 69.5 Å². The lowest BCUT2D eigenvalue weighted by atomic mass is 10.1. The average molecular weight is 1670 g/mol. The second kappa shape index (κ2) is 63.1. The van der Waals surface area contributed by atoms with E-state index in [1.807, 2.05) is 13.8 Å². The number of rotatable bonds is 49. The third-order valence-electron chi connectivity index (χ3n) is 14.3. The molecule has 0 aromatic heterocycles. The van der Waals surface area contributed by atoms with Crippen molar-refractivity contribution in [2.45, 2.75) is 85.0 Å². The number of carbonyl (C=O) groups excluding carboxylic acids is 21. The van der Waals surface area contributed by atoms with Crippen LogP contribution in [0.5, 0.6) is 0 Å². The summed E-state index contributed by atoms with van der Waals surface area (Å²) in [6, 6.07) is 34.2. The molecular formula is C77H99N13O21S4. The molecule has 4 rings (SSSR count). The molecule has 0 spiro atoms. The first-order chi connectivity index (χ1) is 54.9. The van der Waals surface area contributed by atoms with Gasteiger partial charge >= 0.3 is 0 Å². The molecule has 0 saturated heterocycles. The number of benzene rings is 4. The molecular weight excluding hydrogens is 1570 g/mol. The standard InChI is InChI=1S/C22H27N3O6S.2C19H25N3O5S.C17H22N4O5S/c1-15(2)18(27)10-6-9-17(26)11-23-19(28)12-24-20(29)13-25-21(30)14-32-22(31)16-7-4-3-5-8-16;2*1-2-3-9-15(23)10-20-16(24)11-21-17(25)12-22-18(26)13-28-19(27)14-7-5-4-6-8-14;18-7-6-13(22)8-19-14(23)9-20-15(24)10-21-16(25)11-27-17(26)12-4-2-1-3-5-12/h3-5,7-8H,1,6,9-14H2,2H3,(H,23,28)(H,24,29)(H,25,30);2*4-8H,2-3,9-13H2,1H3,(H,20,24)(H,21,25)(H,22,26);1-5H,6-11,18H2,(H,19,23)(H,20,24)(H,21,25). The minimum atomic E-state index is -0.586. The first-order valence-corrected chi connectivity index (χ1v) is 39.9. The highest BCUT2D eigenvalue weighted by Crippen LogP contribution is 2.15. The molecule has 0 saturated carbocycles. The van der Waals surface area contributed by atoms with Crippen LogP contribution in [-0.4, -0.2) is 228 Å². The molecule has 38 heteroatoms. The Morgan fingerprint density at radius 2 is 0.461 bits per heavy atom. The van der Waals surface area contributed by atoms with Crippen molar-refractivity contribution in [3.05, 3.63) is 156 Å². The molecule has 0 bridgehead atoms. The third kappa shape index (κ3) is 54.9. The number of Topliss-reactive ketones (excluding diaryl/α,β-unsaturated/α-hetero) is 5. The predicted octanol–water partition coefficient (Wildman–Crippen LogP) is 0.955. The van der Waals surface area contributed by atoms with Gasteiger partial charge in [-0.2, -0.15) is 0 Å². The van der Waals surface area contributed by atoms with Crippen molar-refractivity contribution in [1.82, 2.24) is 63.8 Å². The van der Waals surface area contributed by atoms with Crippen LogP contribution < -0.4 is 69.5 Å². The maximum Gasteiger partial charge on any atom is 0.239 e. The van der Waals surface area contributed by atoms with Crippen LogP contribution in [0.4, 0.5) is 0 Å². The van der Waals surface area contributed by atoms with Gasteiger partial charge in [-0.3, -0.25) is 101 Å². The Labute approximate surface area is 682 Å². The van der Waals surface area contributed by atoms with Crippen molar-refractivity contribution in [3.8, 4) is 0 Å². The zero-order chi connectivity index (χ0) is 85.6. The van der Waals surface area contributed by atoms with E-state index < -0.39 is 70.9 Å². The number of amides is 12. The van der Waals surface area contributed by atoms with Gasteiger partial charge in [-0.25, -0.2) is 0 Å². The summed E-state index contributed by atoms with van der Waals surface area (Å²) in [7, 11) is 0. The molecule has 0 aliphatic carbocycles. The fourth-order valence-electron chi connectivity index (χ4n) is 8.00. The van der Waals surface area contributed by atoms with E-state index in [9.17, 15) is 101 Å². The summed E-state index contributed by atoms with van der Waals surface area (Å²) in [6.45, 7) is 6.34. The van der Waals surface area contributed by atoms with Gasteiger partial charge in [0.05, 0.1) is 102 Å². The fraction of sp³-hybridized carbons (Fsp3) is 0.390. The Balaban J connectivity index is 0.000000768. The molecule has 622 valence electrons. The van der Waals surface area contributed by atoms with E-state index in [0.29, 0.717) is 47.1 Å². The molecule has 0 heterocycles. The van der Waals surface area contributed by atoms with E-state index in [4.69, 9.17) is 5.73 Å². The molecule has 0 atom stereocenters. The normalized spacial score (nSPS) is 10.0. The second-order valence-electron chi connectivity index (χ2n) is 24.0. The Morgan fingerprint density at radius 1 is 0.270 bits per heavy atom. The minimum Gasteiger partial charge on any atom is -0.347 e. The summed E-state index contributed by atoms with van der Waals surface area (Å²) in [4.78, 5) is 244. The minimum absolute atomic E-state index is 0.0574. The van der Waals surface area contributed by atoms with Crippen LogP contribution in [0.15, 0.2) is 133 Å². The lowest BCUT2D eigenvalue weighted by molar-refractivity contribution is -0.128. The van der Waals surface area contributed by atoms with Gasteiger partial charge in [-0.15, -0.1) is 0 Å². The van der Waals surface area contributed by atoms with Crippen LogP contribution in [0.2, 0.25) is 0 Å². The highest BCUT2D eigenvalue weighted by atomic mass is 32.2. The van der Waals surface area contributed by atoms with Crippen LogP contribution in [0, 0.1) is 0 Å².